The van der Waals surface area contributed by atoms with E-state index in [1.807, 2.05) is 0 Å². The summed E-state index contributed by atoms with van der Waals surface area (Å²) in [4.78, 5) is 24.5. The van der Waals surface area contributed by atoms with Crippen LogP contribution in [0.1, 0.15) is 26.7 Å². The van der Waals surface area contributed by atoms with Crippen LogP contribution in [0.25, 0.3) is 0 Å². The maximum Gasteiger partial charge on any atom is 0.239 e. The van der Waals surface area contributed by atoms with Gasteiger partial charge in [0.1, 0.15) is 17.0 Å². The number of amides is 2. The SMILES string of the molecule is CC(C)(C(=O)NCC1CCCO1)C(=O)Nc1ccc(F)cc1F. The third kappa shape index (κ3) is 4.25. The molecule has 1 heterocycles. The second-order valence-electron chi connectivity index (χ2n) is 6.05. The van der Waals surface area contributed by atoms with E-state index in [1.54, 1.807) is 0 Å². The Labute approximate surface area is 133 Å². The molecule has 1 atom stereocenters. The number of carbonyl (C=O) groups is 2. The molecule has 0 radical (unpaired) electrons. The zero-order valence-corrected chi connectivity index (χ0v) is 13.1. The third-order valence-electron chi connectivity index (χ3n) is 3.83. The molecule has 5 nitrogen and oxygen atoms in total. The fraction of sp³-hybridized carbons (Fsp3) is 0.500. The first-order valence-electron chi connectivity index (χ1n) is 7.47. The molecule has 2 rings (SSSR count). The van der Waals surface area contributed by atoms with Crippen LogP contribution in [0.5, 0.6) is 0 Å². The van der Waals surface area contributed by atoms with Crippen LogP contribution in [0.2, 0.25) is 0 Å². The summed E-state index contributed by atoms with van der Waals surface area (Å²) in [6.45, 7) is 3.89. The minimum absolute atomic E-state index is 0.0349. The zero-order valence-electron chi connectivity index (χ0n) is 13.1. The van der Waals surface area contributed by atoms with Gasteiger partial charge in [-0.05, 0) is 38.8 Å². The summed E-state index contributed by atoms with van der Waals surface area (Å²) in [7, 11) is 0. The molecule has 0 bridgehead atoms. The minimum Gasteiger partial charge on any atom is -0.376 e. The van der Waals surface area contributed by atoms with Gasteiger partial charge in [0, 0.05) is 19.2 Å². The summed E-state index contributed by atoms with van der Waals surface area (Å²) in [6.07, 6.45) is 1.79. The van der Waals surface area contributed by atoms with Crippen LogP contribution in [0.4, 0.5) is 14.5 Å². The van der Waals surface area contributed by atoms with Crippen molar-refractivity contribution in [2.24, 2.45) is 5.41 Å². The molecule has 126 valence electrons. The average Bonchev–Trinajstić information content (AvgIpc) is 3.00. The monoisotopic (exact) mass is 326 g/mol. The van der Waals surface area contributed by atoms with E-state index in [2.05, 4.69) is 10.6 Å². The number of hydrogen-bond donors (Lipinski definition) is 2. The standard InChI is InChI=1S/C16H20F2N2O3/c1-16(2,14(21)19-9-11-4-3-7-23-11)15(22)20-13-6-5-10(17)8-12(13)18/h5-6,8,11H,3-4,7,9H2,1-2H3,(H,19,21)(H,20,22). The average molecular weight is 326 g/mol. The van der Waals surface area contributed by atoms with Crippen LogP contribution in [-0.4, -0.2) is 31.1 Å². The van der Waals surface area contributed by atoms with E-state index in [0.717, 1.165) is 25.0 Å². The van der Waals surface area contributed by atoms with Gasteiger partial charge in [-0.25, -0.2) is 8.78 Å². The Morgan fingerprint density at radius 3 is 2.65 bits per heavy atom. The quantitative estimate of drug-likeness (QED) is 0.816. The van der Waals surface area contributed by atoms with Gasteiger partial charge < -0.3 is 15.4 Å². The fourth-order valence-corrected chi connectivity index (χ4v) is 2.21. The summed E-state index contributed by atoms with van der Waals surface area (Å²) < 4.78 is 31.8. The molecule has 1 aliphatic heterocycles. The molecule has 1 aliphatic rings. The highest BCUT2D eigenvalue weighted by atomic mass is 19.1. The van der Waals surface area contributed by atoms with Gasteiger partial charge in [0.25, 0.3) is 0 Å². The van der Waals surface area contributed by atoms with Crippen molar-refractivity contribution in [3.63, 3.8) is 0 Å². The molecule has 1 aromatic carbocycles. The van der Waals surface area contributed by atoms with Crippen LogP contribution in [-0.2, 0) is 14.3 Å². The highest BCUT2D eigenvalue weighted by Gasteiger charge is 2.36. The van der Waals surface area contributed by atoms with Crippen LogP contribution >= 0.6 is 0 Å². The molecular weight excluding hydrogens is 306 g/mol. The molecule has 0 aliphatic carbocycles. The summed E-state index contributed by atoms with van der Waals surface area (Å²) in [5, 5.41) is 4.99. The molecule has 2 N–H and O–H groups in total. The van der Waals surface area contributed by atoms with E-state index in [0.29, 0.717) is 19.2 Å². The van der Waals surface area contributed by atoms with Crippen molar-refractivity contribution in [1.82, 2.24) is 5.32 Å². The number of rotatable bonds is 5. The van der Waals surface area contributed by atoms with E-state index in [4.69, 9.17) is 4.74 Å². The summed E-state index contributed by atoms with van der Waals surface area (Å²) in [5.74, 6) is -2.79. The Morgan fingerprint density at radius 1 is 1.30 bits per heavy atom. The summed E-state index contributed by atoms with van der Waals surface area (Å²) in [5.41, 5.74) is -1.57. The number of ether oxygens (including phenoxy) is 1. The van der Waals surface area contributed by atoms with Crippen LogP contribution < -0.4 is 10.6 Å². The van der Waals surface area contributed by atoms with Gasteiger partial charge in [-0.2, -0.15) is 0 Å². The van der Waals surface area contributed by atoms with Crippen molar-refractivity contribution in [2.75, 3.05) is 18.5 Å². The Balaban J connectivity index is 1.96. The predicted octanol–water partition coefficient (Wildman–Crippen LogP) is 2.22. The highest BCUT2D eigenvalue weighted by molar-refractivity contribution is 6.09. The van der Waals surface area contributed by atoms with Gasteiger partial charge >= 0.3 is 0 Å². The lowest BCUT2D eigenvalue weighted by atomic mass is 9.90. The van der Waals surface area contributed by atoms with Crippen molar-refractivity contribution in [3.8, 4) is 0 Å². The maximum atomic E-state index is 13.6. The Bertz CT molecular complexity index is 599. The first-order chi connectivity index (χ1) is 10.8. The minimum atomic E-state index is -1.40. The highest BCUT2D eigenvalue weighted by Crippen LogP contribution is 2.22. The zero-order chi connectivity index (χ0) is 17.0. The van der Waals surface area contributed by atoms with Gasteiger partial charge in [0.15, 0.2) is 0 Å². The van der Waals surface area contributed by atoms with E-state index < -0.39 is 28.9 Å². The normalized spacial score (nSPS) is 17.8. The lowest BCUT2D eigenvalue weighted by molar-refractivity contribution is -0.138. The molecule has 1 aromatic rings. The van der Waals surface area contributed by atoms with E-state index in [1.165, 1.54) is 13.8 Å². The third-order valence-corrected chi connectivity index (χ3v) is 3.83. The first kappa shape index (κ1) is 17.3. The second-order valence-corrected chi connectivity index (χ2v) is 6.05. The molecule has 0 saturated carbocycles. The van der Waals surface area contributed by atoms with Crippen LogP contribution in [0.3, 0.4) is 0 Å². The molecule has 1 unspecified atom stereocenters. The number of hydrogen-bond acceptors (Lipinski definition) is 3. The van der Waals surface area contributed by atoms with Gasteiger partial charge in [-0.3, -0.25) is 9.59 Å². The second kappa shape index (κ2) is 7.04. The van der Waals surface area contributed by atoms with Gasteiger partial charge in [0.2, 0.25) is 11.8 Å². The van der Waals surface area contributed by atoms with Crippen molar-refractivity contribution in [3.05, 3.63) is 29.8 Å². The number of halogens is 2. The van der Waals surface area contributed by atoms with E-state index in [-0.39, 0.29) is 11.8 Å². The number of carbonyl (C=O) groups excluding carboxylic acids is 2. The Kier molecular flexibility index (Phi) is 5.30. The number of benzene rings is 1. The predicted molar refractivity (Wildman–Crippen MR) is 80.8 cm³/mol. The van der Waals surface area contributed by atoms with Crippen molar-refractivity contribution in [1.29, 1.82) is 0 Å². The van der Waals surface area contributed by atoms with Crippen LogP contribution in [0, 0.1) is 17.0 Å². The van der Waals surface area contributed by atoms with Crippen molar-refractivity contribution < 1.29 is 23.1 Å². The summed E-state index contributed by atoms with van der Waals surface area (Å²) in [6, 6.07) is 2.81. The van der Waals surface area contributed by atoms with Crippen molar-refractivity contribution >= 4 is 17.5 Å². The maximum absolute atomic E-state index is 13.6. The Hall–Kier alpha value is -2.02. The van der Waals surface area contributed by atoms with Crippen molar-refractivity contribution in [2.45, 2.75) is 32.8 Å². The van der Waals surface area contributed by atoms with Gasteiger partial charge in [0.05, 0.1) is 11.8 Å². The molecule has 1 saturated heterocycles. The first-order valence-corrected chi connectivity index (χ1v) is 7.47. The molecule has 1 fully saturated rings. The molecule has 0 aromatic heterocycles. The van der Waals surface area contributed by atoms with E-state index in [9.17, 15) is 18.4 Å². The molecule has 23 heavy (non-hydrogen) atoms. The molecule has 0 spiro atoms. The van der Waals surface area contributed by atoms with Gasteiger partial charge in [-0.15, -0.1) is 0 Å². The fourth-order valence-electron chi connectivity index (χ4n) is 2.21. The lowest BCUT2D eigenvalue weighted by Gasteiger charge is -2.23. The molecular formula is C16H20F2N2O3. The summed E-state index contributed by atoms with van der Waals surface area (Å²) >= 11 is 0. The molecule has 2 amide bonds. The van der Waals surface area contributed by atoms with Crippen LogP contribution in [0.15, 0.2) is 18.2 Å². The Morgan fingerprint density at radius 2 is 2.04 bits per heavy atom. The topological polar surface area (TPSA) is 67.4 Å². The molecule has 7 heteroatoms. The lowest BCUT2D eigenvalue weighted by Crippen LogP contribution is -2.47. The van der Waals surface area contributed by atoms with E-state index >= 15 is 0 Å². The smallest absolute Gasteiger partial charge is 0.239 e. The number of anilines is 1. The largest absolute Gasteiger partial charge is 0.376 e. The van der Waals surface area contributed by atoms with Gasteiger partial charge in [-0.1, -0.05) is 0 Å². The number of nitrogens with one attached hydrogen (secondary N) is 2.